The lowest BCUT2D eigenvalue weighted by molar-refractivity contribution is -0.114. The highest BCUT2D eigenvalue weighted by Crippen LogP contribution is 2.31. The number of fused-ring (bicyclic) bond motifs is 10. The number of hydrogen-bond acceptors (Lipinski definition) is 4. The molecule has 5 rings (SSSR count). The minimum absolute atomic E-state index is 0.0797. The molecule has 1 amide bonds. The number of aryl methyl sites for hydroxylation is 1. The summed E-state index contributed by atoms with van der Waals surface area (Å²) in [4.78, 5) is 23.8. The highest BCUT2D eigenvalue weighted by atomic mass is 16.2. The molecule has 0 aliphatic carbocycles. The summed E-state index contributed by atoms with van der Waals surface area (Å²) in [5.41, 5.74) is 4.92. The molecule has 1 aliphatic heterocycles. The Labute approximate surface area is 212 Å². The average Bonchev–Trinajstić information content (AvgIpc) is 3.28. The van der Waals surface area contributed by atoms with E-state index in [1.54, 1.807) is 6.20 Å². The third-order valence-electron chi connectivity index (χ3n) is 6.86. The molecule has 3 heterocycles. The molecule has 0 atom stereocenters. The summed E-state index contributed by atoms with van der Waals surface area (Å²) in [6, 6.07) is 18.4. The van der Waals surface area contributed by atoms with Crippen molar-refractivity contribution in [2.24, 2.45) is 0 Å². The lowest BCUT2D eigenvalue weighted by atomic mass is 10.1. The van der Waals surface area contributed by atoms with Gasteiger partial charge >= 0.3 is 0 Å². The molecule has 2 aromatic heterocycles. The topological polar surface area (TPSA) is 63.1 Å². The van der Waals surface area contributed by atoms with E-state index in [-0.39, 0.29) is 5.91 Å². The van der Waals surface area contributed by atoms with Crippen molar-refractivity contribution in [1.82, 2.24) is 14.5 Å². The van der Waals surface area contributed by atoms with Gasteiger partial charge in [-0.05, 0) is 49.2 Å². The third-order valence-corrected chi connectivity index (χ3v) is 6.86. The van der Waals surface area contributed by atoms with Crippen LogP contribution >= 0.6 is 0 Å². The summed E-state index contributed by atoms with van der Waals surface area (Å²) >= 11 is 0. The molecule has 1 aliphatic rings. The zero-order chi connectivity index (χ0) is 24.7. The Balaban J connectivity index is 1.51. The van der Waals surface area contributed by atoms with Crippen LogP contribution in [0.15, 0.2) is 79.6 Å². The molecule has 0 fully saturated rings. The van der Waals surface area contributed by atoms with Crippen LogP contribution in [0.5, 0.6) is 0 Å². The second-order valence-corrected chi connectivity index (χ2v) is 9.36. The molecular formula is C30H33N5O. The maximum Gasteiger partial charge on any atom is 0.250 e. The number of nitrogens with zero attached hydrogens (tertiary/aromatic N) is 4. The van der Waals surface area contributed by atoms with Crippen molar-refractivity contribution in [3.63, 3.8) is 0 Å². The SMILES string of the molecule is C=CC(=O)N1CCCCCCCCCn2cc(c3ccccc32)-c2ccnc(n2)Nc2cccc1c2. The normalized spacial score (nSPS) is 15.2. The van der Waals surface area contributed by atoms with E-state index < -0.39 is 0 Å². The molecule has 184 valence electrons. The van der Waals surface area contributed by atoms with E-state index >= 15 is 0 Å². The van der Waals surface area contributed by atoms with Gasteiger partial charge in [0.15, 0.2) is 0 Å². The van der Waals surface area contributed by atoms with Crippen molar-refractivity contribution in [2.45, 2.75) is 51.5 Å². The molecule has 0 saturated carbocycles. The quantitative estimate of drug-likeness (QED) is 0.296. The average molecular weight is 480 g/mol. The largest absolute Gasteiger partial charge is 0.347 e. The second kappa shape index (κ2) is 11.2. The molecule has 0 spiro atoms. The summed E-state index contributed by atoms with van der Waals surface area (Å²) < 4.78 is 2.37. The molecule has 0 unspecified atom stereocenters. The molecule has 2 aromatic carbocycles. The number of hydrogen-bond donors (Lipinski definition) is 1. The minimum Gasteiger partial charge on any atom is -0.347 e. The number of carbonyl (C=O) groups excluding carboxylic acids is 1. The van der Waals surface area contributed by atoms with Gasteiger partial charge in [-0.1, -0.05) is 62.9 Å². The van der Waals surface area contributed by atoms with Gasteiger partial charge < -0.3 is 14.8 Å². The minimum atomic E-state index is -0.0797. The molecule has 1 N–H and O–H groups in total. The van der Waals surface area contributed by atoms with Crippen LogP contribution in [-0.2, 0) is 11.3 Å². The van der Waals surface area contributed by atoms with Gasteiger partial charge in [-0.2, -0.15) is 0 Å². The van der Waals surface area contributed by atoms with E-state index in [0.717, 1.165) is 48.4 Å². The van der Waals surface area contributed by atoms with Crippen LogP contribution in [-0.4, -0.2) is 27.0 Å². The Morgan fingerprint density at radius 2 is 1.69 bits per heavy atom. The Hall–Kier alpha value is -3.93. The van der Waals surface area contributed by atoms with Crippen LogP contribution in [0.4, 0.5) is 17.3 Å². The van der Waals surface area contributed by atoms with Gasteiger partial charge in [-0.3, -0.25) is 4.79 Å². The van der Waals surface area contributed by atoms with E-state index in [4.69, 9.17) is 4.98 Å². The maximum absolute atomic E-state index is 12.6. The zero-order valence-electron chi connectivity index (χ0n) is 20.7. The smallest absolute Gasteiger partial charge is 0.250 e. The van der Waals surface area contributed by atoms with Crippen molar-refractivity contribution in [3.8, 4) is 11.3 Å². The molecule has 36 heavy (non-hydrogen) atoms. The van der Waals surface area contributed by atoms with Gasteiger partial charge in [0.2, 0.25) is 11.9 Å². The fourth-order valence-corrected chi connectivity index (χ4v) is 5.00. The first-order chi connectivity index (χ1) is 17.7. The van der Waals surface area contributed by atoms with E-state index in [2.05, 4.69) is 51.9 Å². The Bertz CT molecular complexity index is 1360. The summed E-state index contributed by atoms with van der Waals surface area (Å²) in [5.74, 6) is 0.446. The fraction of sp³-hybridized carbons (Fsp3) is 0.300. The number of benzene rings is 2. The van der Waals surface area contributed by atoms with Crippen LogP contribution in [0.1, 0.15) is 44.9 Å². The van der Waals surface area contributed by atoms with Crippen LogP contribution in [0, 0.1) is 0 Å². The zero-order valence-corrected chi connectivity index (χ0v) is 20.7. The summed E-state index contributed by atoms with van der Waals surface area (Å²) in [7, 11) is 0. The van der Waals surface area contributed by atoms with Crippen molar-refractivity contribution in [2.75, 3.05) is 16.8 Å². The first-order valence-electron chi connectivity index (χ1n) is 13.0. The number of rotatable bonds is 1. The van der Waals surface area contributed by atoms with Gasteiger partial charge in [-0.15, -0.1) is 0 Å². The Kier molecular flexibility index (Phi) is 7.41. The molecule has 0 radical (unpaired) electrons. The first-order valence-corrected chi connectivity index (χ1v) is 13.0. The van der Waals surface area contributed by atoms with Crippen LogP contribution in [0.25, 0.3) is 22.2 Å². The Morgan fingerprint density at radius 3 is 2.53 bits per heavy atom. The second-order valence-electron chi connectivity index (χ2n) is 9.36. The van der Waals surface area contributed by atoms with Gasteiger partial charge in [0.25, 0.3) is 0 Å². The van der Waals surface area contributed by atoms with E-state index in [1.807, 2.05) is 35.2 Å². The van der Waals surface area contributed by atoms with Crippen molar-refractivity contribution >= 4 is 34.1 Å². The standard InChI is InChI=1S/C30H33N5O/c1-2-29(36)35-20-11-7-5-3-4-6-10-19-34-22-26(25-15-8-9-16-28(25)34)27-17-18-31-30(33-27)32-23-13-12-14-24(35)21-23/h2,8-9,12-18,21-22H,1,3-7,10-11,19-20H2,(H,31,32,33). The number of nitrogens with one attached hydrogen (secondary N) is 1. The Morgan fingerprint density at radius 1 is 0.917 bits per heavy atom. The number of para-hydroxylation sites is 1. The van der Waals surface area contributed by atoms with Crippen molar-refractivity contribution in [1.29, 1.82) is 0 Å². The molecule has 4 aromatic rings. The molecular weight excluding hydrogens is 446 g/mol. The fourth-order valence-electron chi connectivity index (χ4n) is 5.00. The van der Waals surface area contributed by atoms with Crippen molar-refractivity contribution < 1.29 is 4.79 Å². The van der Waals surface area contributed by atoms with Gasteiger partial charge in [0, 0.05) is 53.3 Å². The van der Waals surface area contributed by atoms with Gasteiger partial charge in [0.05, 0.1) is 5.69 Å². The first kappa shape index (κ1) is 23.8. The van der Waals surface area contributed by atoms with Crippen LogP contribution in [0.3, 0.4) is 0 Å². The molecule has 6 heteroatoms. The highest BCUT2D eigenvalue weighted by molar-refractivity contribution is 6.01. The van der Waals surface area contributed by atoms with Gasteiger partial charge in [-0.25, -0.2) is 9.97 Å². The van der Waals surface area contributed by atoms with E-state index in [9.17, 15) is 4.79 Å². The predicted octanol–water partition coefficient (Wildman–Crippen LogP) is 7.11. The van der Waals surface area contributed by atoms with E-state index in [0.29, 0.717) is 12.5 Å². The summed E-state index contributed by atoms with van der Waals surface area (Å²) in [5, 5.41) is 4.54. The third kappa shape index (κ3) is 5.33. The van der Waals surface area contributed by atoms with E-state index in [1.165, 1.54) is 42.7 Å². The van der Waals surface area contributed by atoms with Crippen molar-refractivity contribution in [3.05, 3.63) is 79.6 Å². The molecule has 0 saturated heterocycles. The van der Waals surface area contributed by atoms with Gasteiger partial charge in [0.1, 0.15) is 0 Å². The lowest BCUT2D eigenvalue weighted by Crippen LogP contribution is -2.30. The monoisotopic (exact) mass is 479 g/mol. The lowest BCUT2D eigenvalue weighted by Gasteiger charge is -2.22. The van der Waals surface area contributed by atoms with Crippen LogP contribution < -0.4 is 10.2 Å². The summed E-state index contributed by atoms with van der Waals surface area (Å²) in [6.07, 6.45) is 13.5. The number of carbonyl (C=O) groups is 1. The number of anilines is 3. The maximum atomic E-state index is 12.6. The predicted molar refractivity (Wildman–Crippen MR) is 148 cm³/mol. The number of amides is 1. The molecule has 6 nitrogen and oxygen atoms in total. The molecule has 6 bridgehead atoms. The highest BCUT2D eigenvalue weighted by Gasteiger charge is 2.15. The number of aromatic nitrogens is 3. The van der Waals surface area contributed by atoms with Crippen LogP contribution in [0.2, 0.25) is 0 Å². The summed E-state index contributed by atoms with van der Waals surface area (Å²) in [6.45, 7) is 5.39.